The van der Waals surface area contributed by atoms with Crippen molar-refractivity contribution in [2.75, 3.05) is 25.4 Å². The highest BCUT2D eigenvalue weighted by Gasteiger charge is 2.26. The van der Waals surface area contributed by atoms with Crippen molar-refractivity contribution < 1.29 is 4.79 Å². The lowest BCUT2D eigenvalue weighted by Crippen LogP contribution is -2.31. The third kappa shape index (κ3) is 2.52. The minimum atomic E-state index is -0.00296. The highest BCUT2D eigenvalue weighted by Crippen LogP contribution is 2.34. The van der Waals surface area contributed by atoms with Crippen LogP contribution in [0, 0.1) is 0 Å². The number of likely N-dealkylation sites (N-methyl/N-ethyl adjacent to an activating group) is 1. The lowest BCUT2D eigenvalue weighted by Gasteiger charge is -2.25. The van der Waals surface area contributed by atoms with Crippen molar-refractivity contribution in [3.05, 3.63) is 16.0 Å². The van der Waals surface area contributed by atoms with E-state index in [1.807, 2.05) is 6.92 Å². The number of nitrogen functional groups attached to an aromatic ring is 1. The van der Waals surface area contributed by atoms with Gasteiger partial charge in [0.15, 0.2) is 0 Å². The molecule has 0 aromatic carbocycles. The molecule has 1 aliphatic heterocycles. The van der Waals surface area contributed by atoms with Crippen LogP contribution in [0.15, 0.2) is 0 Å². The Kier molecular flexibility index (Phi) is 4.24. The van der Waals surface area contributed by atoms with Crippen LogP contribution in [0.2, 0.25) is 0 Å². The number of carbonyl (C=O) groups is 1. The van der Waals surface area contributed by atoms with E-state index in [0.29, 0.717) is 11.5 Å². The average molecular weight is 267 g/mol. The second kappa shape index (κ2) is 5.71. The number of anilines is 1. The highest BCUT2D eigenvalue weighted by atomic mass is 32.1. The number of nitrogens with two attached hydrogens (primary N) is 1. The van der Waals surface area contributed by atoms with E-state index in [1.165, 1.54) is 10.4 Å². The van der Waals surface area contributed by atoms with E-state index in [1.54, 1.807) is 11.3 Å². The van der Waals surface area contributed by atoms with Crippen LogP contribution in [0.5, 0.6) is 0 Å². The van der Waals surface area contributed by atoms with Gasteiger partial charge < -0.3 is 11.1 Å². The summed E-state index contributed by atoms with van der Waals surface area (Å²) in [5.41, 5.74) is 7.93. The maximum absolute atomic E-state index is 12.1. The minimum Gasteiger partial charge on any atom is -0.390 e. The summed E-state index contributed by atoms with van der Waals surface area (Å²) in [7, 11) is 0. The van der Waals surface area contributed by atoms with Gasteiger partial charge in [0.1, 0.15) is 0 Å². The fourth-order valence-electron chi connectivity index (χ4n) is 2.32. The monoisotopic (exact) mass is 267 g/mol. The van der Waals surface area contributed by atoms with Crippen molar-refractivity contribution in [2.24, 2.45) is 0 Å². The van der Waals surface area contributed by atoms with Crippen LogP contribution < -0.4 is 11.1 Å². The SMILES string of the molecule is CCCNC(=O)c1c(N)sc2c1CCN(CC)C2. The van der Waals surface area contributed by atoms with Gasteiger partial charge in [0.2, 0.25) is 0 Å². The number of nitrogens with one attached hydrogen (secondary N) is 1. The van der Waals surface area contributed by atoms with E-state index in [-0.39, 0.29) is 5.91 Å². The normalized spacial score (nSPS) is 15.4. The van der Waals surface area contributed by atoms with Crippen LogP contribution in [0.1, 0.15) is 41.1 Å². The number of hydrogen-bond acceptors (Lipinski definition) is 4. The lowest BCUT2D eigenvalue weighted by molar-refractivity contribution is 0.0953. The number of nitrogens with zero attached hydrogens (tertiary/aromatic N) is 1. The van der Waals surface area contributed by atoms with Crippen LogP contribution in [-0.2, 0) is 13.0 Å². The summed E-state index contributed by atoms with van der Waals surface area (Å²) >= 11 is 1.57. The van der Waals surface area contributed by atoms with Gasteiger partial charge in [0.05, 0.1) is 10.6 Å². The number of rotatable bonds is 4. The Labute approximate surface area is 112 Å². The van der Waals surface area contributed by atoms with Crippen LogP contribution in [0.3, 0.4) is 0 Å². The molecule has 3 N–H and O–H groups in total. The molecule has 0 unspecified atom stereocenters. The van der Waals surface area contributed by atoms with Gasteiger partial charge in [-0.3, -0.25) is 9.69 Å². The van der Waals surface area contributed by atoms with Gasteiger partial charge in [-0.2, -0.15) is 0 Å². The first kappa shape index (κ1) is 13.4. The number of thiophene rings is 1. The second-order valence-electron chi connectivity index (χ2n) is 4.62. The molecule has 18 heavy (non-hydrogen) atoms. The zero-order valence-corrected chi connectivity index (χ0v) is 11.9. The Bertz CT molecular complexity index is 442. The first-order valence-corrected chi connectivity index (χ1v) is 7.39. The van der Waals surface area contributed by atoms with Gasteiger partial charge in [0, 0.05) is 24.5 Å². The van der Waals surface area contributed by atoms with Gasteiger partial charge in [-0.15, -0.1) is 11.3 Å². The maximum atomic E-state index is 12.1. The molecule has 0 bridgehead atoms. The Morgan fingerprint density at radius 3 is 2.94 bits per heavy atom. The molecule has 2 heterocycles. The summed E-state index contributed by atoms with van der Waals surface area (Å²) in [5, 5.41) is 3.60. The van der Waals surface area contributed by atoms with E-state index >= 15 is 0 Å². The second-order valence-corrected chi connectivity index (χ2v) is 5.75. The Morgan fingerprint density at radius 2 is 2.28 bits per heavy atom. The molecule has 0 aliphatic carbocycles. The molecule has 5 heteroatoms. The molecule has 4 nitrogen and oxygen atoms in total. The predicted molar refractivity (Wildman–Crippen MR) is 76.0 cm³/mol. The summed E-state index contributed by atoms with van der Waals surface area (Å²) in [5.74, 6) is -0.00296. The summed E-state index contributed by atoms with van der Waals surface area (Å²) in [4.78, 5) is 15.8. The Morgan fingerprint density at radius 1 is 1.50 bits per heavy atom. The maximum Gasteiger partial charge on any atom is 0.254 e. The van der Waals surface area contributed by atoms with Crippen molar-refractivity contribution in [3.63, 3.8) is 0 Å². The topological polar surface area (TPSA) is 58.4 Å². The molecule has 1 aromatic rings. The highest BCUT2D eigenvalue weighted by molar-refractivity contribution is 7.16. The van der Waals surface area contributed by atoms with E-state index in [4.69, 9.17) is 5.73 Å². The molecule has 1 aromatic heterocycles. The first-order chi connectivity index (χ1) is 8.67. The number of carbonyl (C=O) groups excluding carboxylic acids is 1. The molecule has 0 fully saturated rings. The third-order valence-corrected chi connectivity index (χ3v) is 4.42. The lowest BCUT2D eigenvalue weighted by atomic mass is 10.0. The standard InChI is InChI=1S/C13H21N3OS/c1-3-6-15-13(17)11-9-5-7-16(4-2)8-10(9)18-12(11)14/h3-8,14H2,1-2H3,(H,15,17). The zero-order chi connectivity index (χ0) is 13.1. The zero-order valence-electron chi connectivity index (χ0n) is 11.1. The first-order valence-electron chi connectivity index (χ1n) is 6.57. The Balaban J connectivity index is 2.22. The predicted octanol–water partition coefficient (Wildman–Crippen LogP) is 1.85. The smallest absolute Gasteiger partial charge is 0.254 e. The van der Waals surface area contributed by atoms with Crippen molar-refractivity contribution in [1.29, 1.82) is 0 Å². The van der Waals surface area contributed by atoms with Gasteiger partial charge in [0.25, 0.3) is 5.91 Å². The molecule has 0 saturated heterocycles. The van der Waals surface area contributed by atoms with Gasteiger partial charge in [-0.05, 0) is 24.9 Å². The number of fused-ring (bicyclic) bond motifs is 1. The number of amides is 1. The molecular formula is C13H21N3OS. The summed E-state index contributed by atoms with van der Waals surface area (Å²) < 4.78 is 0. The van der Waals surface area contributed by atoms with Crippen molar-refractivity contribution >= 4 is 22.2 Å². The molecule has 0 atom stereocenters. The minimum absolute atomic E-state index is 0.00296. The van der Waals surface area contributed by atoms with Crippen molar-refractivity contribution in [1.82, 2.24) is 10.2 Å². The summed E-state index contributed by atoms with van der Waals surface area (Å²) in [6, 6.07) is 0. The molecule has 2 rings (SSSR count). The van der Waals surface area contributed by atoms with Crippen molar-refractivity contribution in [2.45, 2.75) is 33.2 Å². The fraction of sp³-hybridized carbons (Fsp3) is 0.615. The largest absolute Gasteiger partial charge is 0.390 e. The quantitative estimate of drug-likeness (QED) is 0.875. The molecule has 0 radical (unpaired) electrons. The van der Waals surface area contributed by atoms with E-state index in [9.17, 15) is 4.79 Å². The van der Waals surface area contributed by atoms with Crippen LogP contribution in [0.4, 0.5) is 5.00 Å². The van der Waals surface area contributed by atoms with Crippen LogP contribution in [-0.4, -0.2) is 30.4 Å². The van der Waals surface area contributed by atoms with Gasteiger partial charge >= 0.3 is 0 Å². The van der Waals surface area contributed by atoms with Gasteiger partial charge in [-0.25, -0.2) is 0 Å². The summed E-state index contributed by atoms with van der Waals surface area (Å²) in [6.45, 7) is 7.93. The summed E-state index contributed by atoms with van der Waals surface area (Å²) in [6.07, 6.45) is 1.88. The molecular weight excluding hydrogens is 246 g/mol. The van der Waals surface area contributed by atoms with E-state index in [2.05, 4.69) is 17.1 Å². The molecule has 0 saturated carbocycles. The molecule has 1 amide bonds. The Hall–Kier alpha value is -1.07. The van der Waals surface area contributed by atoms with Crippen LogP contribution in [0.25, 0.3) is 0 Å². The van der Waals surface area contributed by atoms with Crippen molar-refractivity contribution in [3.8, 4) is 0 Å². The van der Waals surface area contributed by atoms with E-state index < -0.39 is 0 Å². The van der Waals surface area contributed by atoms with Gasteiger partial charge in [-0.1, -0.05) is 13.8 Å². The van der Waals surface area contributed by atoms with E-state index in [0.717, 1.165) is 38.0 Å². The van der Waals surface area contributed by atoms with Crippen LogP contribution >= 0.6 is 11.3 Å². The molecule has 1 aliphatic rings. The fourth-order valence-corrected chi connectivity index (χ4v) is 3.48. The number of hydrogen-bond donors (Lipinski definition) is 2. The third-order valence-electron chi connectivity index (χ3n) is 3.37. The molecule has 100 valence electrons. The molecule has 0 spiro atoms. The average Bonchev–Trinajstić information content (AvgIpc) is 2.70.